The standard InChI is InChI=1S/C16H13NO4/c1-8-9(2)14(19)6-5-13(8)17-15(20)11-4-3-10(18)7-12(11)16(17)21/h3-7,18-19H,1-2H3. The third-order valence-corrected chi connectivity index (χ3v) is 3.84. The molecule has 0 aliphatic carbocycles. The van der Waals surface area contributed by atoms with Crippen molar-refractivity contribution < 1.29 is 19.8 Å². The number of anilines is 1. The molecule has 0 bridgehead atoms. The molecule has 2 amide bonds. The SMILES string of the molecule is Cc1c(O)ccc(N2C(=O)c3ccc(O)cc3C2=O)c1C. The van der Waals surface area contributed by atoms with E-state index in [1.807, 2.05) is 0 Å². The van der Waals surface area contributed by atoms with Gasteiger partial charge in [0, 0.05) is 0 Å². The number of aromatic hydroxyl groups is 2. The number of carbonyl (C=O) groups is 2. The summed E-state index contributed by atoms with van der Waals surface area (Å²) in [5.41, 5.74) is 2.17. The number of benzene rings is 2. The summed E-state index contributed by atoms with van der Waals surface area (Å²) < 4.78 is 0. The minimum Gasteiger partial charge on any atom is -0.508 e. The number of rotatable bonds is 1. The molecule has 106 valence electrons. The van der Waals surface area contributed by atoms with Crippen molar-refractivity contribution in [3.63, 3.8) is 0 Å². The zero-order valence-electron chi connectivity index (χ0n) is 11.5. The summed E-state index contributed by atoms with van der Waals surface area (Å²) in [7, 11) is 0. The zero-order chi connectivity index (χ0) is 15.3. The Hall–Kier alpha value is -2.82. The van der Waals surface area contributed by atoms with Gasteiger partial charge in [0.25, 0.3) is 11.8 Å². The first-order chi connectivity index (χ1) is 9.91. The molecule has 0 saturated carbocycles. The van der Waals surface area contributed by atoms with Crippen LogP contribution in [0.5, 0.6) is 11.5 Å². The molecule has 5 nitrogen and oxygen atoms in total. The van der Waals surface area contributed by atoms with Gasteiger partial charge in [0.2, 0.25) is 0 Å². The molecule has 1 aliphatic rings. The minimum atomic E-state index is -0.473. The van der Waals surface area contributed by atoms with Gasteiger partial charge in [-0.25, -0.2) is 4.90 Å². The maximum absolute atomic E-state index is 12.4. The van der Waals surface area contributed by atoms with Gasteiger partial charge in [0.15, 0.2) is 0 Å². The van der Waals surface area contributed by atoms with E-state index in [9.17, 15) is 19.8 Å². The fourth-order valence-corrected chi connectivity index (χ4v) is 2.48. The number of fused-ring (bicyclic) bond motifs is 1. The highest BCUT2D eigenvalue weighted by Crippen LogP contribution is 2.35. The lowest BCUT2D eigenvalue weighted by Crippen LogP contribution is -2.30. The number of imide groups is 1. The highest BCUT2D eigenvalue weighted by atomic mass is 16.3. The molecule has 2 aromatic rings. The molecule has 1 heterocycles. The van der Waals surface area contributed by atoms with Gasteiger partial charge >= 0.3 is 0 Å². The molecule has 0 unspecified atom stereocenters. The minimum absolute atomic E-state index is 0.0599. The normalized spacial score (nSPS) is 13.7. The van der Waals surface area contributed by atoms with Gasteiger partial charge in [0.1, 0.15) is 11.5 Å². The van der Waals surface area contributed by atoms with Crippen LogP contribution in [-0.4, -0.2) is 22.0 Å². The predicted molar refractivity (Wildman–Crippen MR) is 76.8 cm³/mol. The van der Waals surface area contributed by atoms with E-state index in [4.69, 9.17) is 0 Å². The zero-order valence-corrected chi connectivity index (χ0v) is 11.5. The lowest BCUT2D eigenvalue weighted by atomic mass is 10.1. The lowest BCUT2D eigenvalue weighted by molar-refractivity contribution is 0.0925. The van der Waals surface area contributed by atoms with Gasteiger partial charge < -0.3 is 10.2 Å². The molecule has 1 aliphatic heterocycles. The largest absolute Gasteiger partial charge is 0.508 e. The van der Waals surface area contributed by atoms with Crippen LogP contribution in [-0.2, 0) is 0 Å². The molecular weight excluding hydrogens is 270 g/mol. The highest BCUT2D eigenvalue weighted by molar-refractivity contribution is 6.34. The molecule has 2 N–H and O–H groups in total. The van der Waals surface area contributed by atoms with E-state index in [-0.39, 0.29) is 22.6 Å². The molecule has 5 heteroatoms. The van der Waals surface area contributed by atoms with Crippen LogP contribution < -0.4 is 4.90 Å². The first kappa shape index (κ1) is 13.2. The molecule has 0 spiro atoms. The quantitative estimate of drug-likeness (QED) is 0.788. The molecule has 0 saturated heterocycles. The van der Waals surface area contributed by atoms with Crippen molar-refractivity contribution in [2.75, 3.05) is 4.90 Å². The van der Waals surface area contributed by atoms with E-state index < -0.39 is 11.8 Å². The molecule has 21 heavy (non-hydrogen) atoms. The smallest absolute Gasteiger partial charge is 0.266 e. The van der Waals surface area contributed by atoms with Crippen LogP contribution in [0.4, 0.5) is 5.69 Å². The summed E-state index contributed by atoms with van der Waals surface area (Å²) in [6, 6.07) is 7.10. The van der Waals surface area contributed by atoms with Crippen LogP contribution in [0, 0.1) is 13.8 Å². The second-order valence-electron chi connectivity index (χ2n) is 5.03. The van der Waals surface area contributed by atoms with Crippen molar-refractivity contribution >= 4 is 17.5 Å². The van der Waals surface area contributed by atoms with Crippen LogP contribution in [0.25, 0.3) is 0 Å². The van der Waals surface area contributed by atoms with Crippen LogP contribution in [0.2, 0.25) is 0 Å². The summed E-state index contributed by atoms with van der Waals surface area (Å²) in [5, 5.41) is 19.2. The molecule has 0 aromatic heterocycles. The number of hydrogen-bond acceptors (Lipinski definition) is 4. The van der Waals surface area contributed by atoms with Crippen LogP contribution in [0.1, 0.15) is 31.8 Å². The van der Waals surface area contributed by atoms with E-state index in [0.29, 0.717) is 16.8 Å². The van der Waals surface area contributed by atoms with Crippen molar-refractivity contribution in [3.8, 4) is 11.5 Å². The Morgan fingerprint density at radius 2 is 1.52 bits per heavy atom. The Balaban J connectivity index is 2.17. The first-order valence-electron chi connectivity index (χ1n) is 6.42. The first-order valence-corrected chi connectivity index (χ1v) is 6.42. The molecule has 0 atom stereocenters. The summed E-state index contributed by atoms with van der Waals surface area (Å²) in [6.45, 7) is 3.46. The summed E-state index contributed by atoms with van der Waals surface area (Å²) in [4.78, 5) is 25.9. The van der Waals surface area contributed by atoms with E-state index in [1.54, 1.807) is 19.9 Å². The third-order valence-electron chi connectivity index (χ3n) is 3.84. The predicted octanol–water partition coefficient (Wildman–Crippen LogP) is 2.52. The topological polar surface area (TPSA) is 77.8 Å². The van der Waals surface area contributed by atoms with Gasteiger partial charge in [-0.1, -0.05) is 0 Å². The summed E-state index contributed by atoms with van der Waals surface area (Å²) in [6.07, 6.45) is 0. The lowest BCUT2D eigenvalue weighted by Gasteiger charge is -2.18. The van der Waals surface area contributed by atoms with Gasteiger partial charge in [-0.2, -0.15) is 0 Å². The Bertz CT molecular complexity index is 795. The van der Waals surface area contributed by atoms with Crippen LogP contribution >= 0.6 is 0 Å². The Kier molecular flexibility index (Phi) is 2.73. The average Bonchev–Trinajstić information content (AvgIpc) is 2.69. The Labute approximate surface area is 121 Å². The number of nitrogens with zero attached hydrogens (tertiary/aromatic N) is 1. The van der Waals surface area contributed by atoms with Gasteiger partial charge in [-0.3, -0.25) is 9.59 Å². The number of phenolic OH excluding ortho intramolecular Hbond substituents is 2. The van der Waals surface area contributed by atoms with Gasteiger partial charge in [-0.05, 0) is 55.3 Å². The van der Waals surface area contributed by atoms with Crippen LogP contribution in [0.3, 0.4) is 0 Å². The van der Waals surface area contributed by atoms with Gasteiger partial charge in [-0.15, -0.1) is 0 Å². The van der Waals surface area contributed by atoms with E-state index in [2.05, 4.69) is 0 Å². The second-order valence-corrected chi connectivity index (χ2v) is 5.03. The van der Waals surface area contributed by atoms with Gasteiger partial charge in [0.05, 0.1) is 16.8 Å². The molecule has 0 radical (unpaired) electrons. The van der Waals surface area contributed by atoms with Crippen molar-refractivity contribution in [1.29, 1.82) is 0 Å². The molecule has 3 rings (SSSR count). The van der Waals surface area contributed by atoms with Crippen molar-refractivity contribution in [2.24, 2.45) is 0 Å². The van der Waals surface area contributed by atoms with E-state index in [0.717, 1.165) is 4.90 Å². The maximum atomic E-state index is 12.4. The third kappa shape index (κ3) is 1.78. The molecular formula is C16H13NO4. The Morgan fingerprint density at radius 1 is 0.857 bits per heavy atom. The Morgan fingerprint density at radius 3 is 2.24 bits per heavy atom. The number of phenols is 2. The van der Waals surface area contributed by atoms with Crippen molar-refractivity contribution in [1.82, 2.24) is 0 Å². The summed E-state index contributed by atoms with van der Waals surface area (Å²) >= 11 is 0. The van der Waals surface area contributed by atoms with Crippen molar-refractivity contribution in [2.45, 2.75) is 13.8 Å². The maximum Gasteiger partial charge on any atom is 0.266 e. The number of hydrogen-bond donors (Lipinski definition) is 2. The number of carbonyl (C=O) groups excluding carboxylic acids is 2. The van der Waals surface area contributed by atoms with E-state index in [1.165, 1.54) is 24.3 Å². The van der Waals surface area contributed by atoms with Crippen LogP contribution in [0.15, 0.2) is 30.3 Å². The second kappa shape index (κ2) is 4.34. The average molecular weight is 283 g/mol. The van der Waals surface area contributed by atoms with Crippen molar-refractivity contribution in [3.05, 3.63) is 52.6 Å². The summed E-state index contributed by atoms with van der Waals surface area (Å²) in [5.74, 6) is -0.844. The number of amides is 2. The highest BCUT2D eigenvalue weighted by Gasteiger charge is 2.37. The fourth-order valence-electron chi connectivity index (χ4n) is 2.48. The van der Waals surface area contributed by atoms with E-state index >= 15 is 0 Å². The molecule has 2 aromatic carbocycles. The molecule has 0 fully saturated rings. The fraction of sp³-hybridized carbons (Fsp3) is 0.125. The monoisotopic (exact) mass is 283 g/mol.